The van der Waals surface area contributed by atoms with Gasteiger partial charge in [-0.3, -0.25) is 4.79 Å². The maximum Gasteiger partial charge on any atom is 0.345 e. The Morgan fingerprint density at radius 3 is 2.39 bits per heavy atom. The summed E-state index contributed by atoms with van der Waals surface area (Å²) in [6, 6.07) is -0.267. The normalized spacial score (nSPS) is 9.39. The van der Waals surface area contributed by atoms with E-state index in [4.69, 9.17) is 0 Å². The van der Waals surface area contributed by atoms with Crippen LogP contribution in [0.25, 0.3) is 0 Å². The van der Waals surface area contributed by atoms with Crippen LogP contribution in [-0.4, -0.2) is 51.3 Å². The molecule has 0 aliphatic heterocycles. The average molecular weight is 272 g/mol. The zero-order chi connectivity index (χ0) is 14.1. The average Bonchev–Trinajstić information content (AvgIpc) is 2.74. The van der Waals surface area contributed by atoms with Crippen molar-refractivity contribution < 1.29 is 9.59 Å². The third kappa shape index (κ3) is 6.39. The Labute approximate surface area is 112 Å². The summed E-state index contributed by atoms with van der Waals surface area (Å²) >= 11 is 1.22. The molecular weight excluding hydrogens is 252 g/mol. The van der Waals surface area contributed by atoms with Crippen molar-refractivity contribution in [2.45, 2.75) is 32.3 Å². The first-order chi connectivity index (χ1) is 8.42. The third-order valence-corrected chi connectivity index (χ3v) is 2.45. The predicted octanol–water partition coefficient (Wildman–Crippen LogP) is 1.91. The Morgan fingerprint density at radius 1 is 1.39 bits per heavy atom. The summed E-state index contributed by atoms with van der Waals surface area (Å²) < 4.78 is 1.14. The van der Waals surface area contributed by atoms with E-state index in [-0.39, 0.29) is 11.8 Å². The van der Waals surface area contributed by atoms with Crippen molar-refractivity contribution in [2.24, 2.45) is 0 Å². The maximum atomic E-state index is 11.4. The molecule has 0 aromatic carbocycles. The minimum atomic E-state index is -0.267. The van der Waals surface area contributed by atoms with Gasteiger partial charge in [0.25, 0.3) is 0 Å². The standard InChI is InChI=1S/C8H12N4O2S.C3H8/c1-6(13)4-15-7-9-5-12(10-7)8(14)11(2)3;1-3-2/h5H,4H2,1-3H3;3H2,1-2H3. The van der Waals surface area contributed by atoms with Gasteiger partial charge in [0, 0.05) is 14.1 Å². The number of amides is 1. The van der Waals surface area contributed by atoms with E-state index in [1.54, 1.807) is 14.1 Å². The number of Topliss-reactive ketones (excluding diaryl/α,β-unsaturated/α-hetero) is 1. The smallest absolute Gasteiger partial charge is 0.329 e. The van der Waals surface area contributed by atoms with E-state index in [0.29, 0.717) is 10.9 Å². The highest BCUT2D eigenvalue weighted by Gasteiger charge is 2.10. The summed E-state index contributed by atoms with van der Waals surface area (Å²) in [6.45, 7) is 5.75. The van der Waals surface area contributed by atoms with Crippen LogP contribution in [-0.2, 0) is 4.79 Å². The summed E-state index contributed by atoms with van der Waals surface area (Å²) in [6.07, 6.45) is 2.59. The number of carbonyl (C=O) groups excluding carboxylic acids is 2. The van der Waals surface area contributed by atoms with Gasteiger partial charge in [-0.15, -0.1) is 5.10 Å². The molecule has 1 rings (SSSR count). The second kappa shape index (κ2) is 8.68. The van der Waals surface area contributed by atoms with E-state index < -0.39 is 0 Å². The van der Waals surface area contributed by atoms with E-state index in [0.717, 1.165) is 4.68 Å². The van der Waals surface area contributed by atoms with Gasteiger partial charge in [0.05, 0.1) is 5.75 Å². The minimum absolute atomic E-state index is 0.0512. The fourth-order valence-electron chi connectivity index (χ4n) is 0.777. The summed E-state index contributed by atoms with van der Waals surface area (Å²) in [7, 11) is 3.26. The van der Waals surface area contributed by atoms with Gasteiger partial charge in [-0.2, -0.15) is 4.68 Å². The molecule has 0 spiro atoms. The van der Waals surface area contributed by atoms with E-state index in [2.05, 4.69) is 23.9 Å². The van der Waals surface area contributed by atoms with Crippen molar-refractivity contribution in [2.75, 3.05) is 19.8 Å². The summed E-state index contributed by atoms with van der Waals surface area (Å²) in [4.78, 5) is 27.4. The maximum absolute atomic E-state index is 11.4. The van der Waals surface area contributed by atoms with E-state index in [1.165, 1.54) is 36.3 Å². The molecular formula is C11H20N4O2S. The molecule has 1 heterocycles. The van der Waals surface area contributed by atoms with E-state index in [9.17, 15) is 9.59 Å². The number of ketones is 1. The quantitative estimate of drug-likeness (QED) is 0.786. The molecule has 0 fully saturated rings. The molecule has 0 atom stereocenters. The zero-order valence-electron chi connectivity index (χ0n) is 11.5. The van der Waals surface area contributed by atoms with Crippen LogP contribution in [0.5, 0.6) is 0 Å². The SMILES string of the molecule is CC(=O)CSc1ncn(C(=O)N(C)C)n1.CCC. The molecule has 102 valence electrons. The molecule has 0 aliphatic rings. The number of carbonyl (C=O) groups is 2. The van der Waals surface area contributed by atoms with Crippen LogP contribution < -0.4 is 0 Å². The molecule has 0 unspecified atom stereocenters. The van der Waals surface area contributed by atoms with Gasteiger partial charge in [0.2, 0.25) is 5.16 Å². The zero-order valence-corrected chi connectivity index (χ0v) is 12.3. The third-order valence-electron chi connectivity index (χ3n) is 1.45. The first-order valence-electron chi connectivity index (χ1n) is 5.67. The first kappa shape index (κ1) is 16.6. The van der Waals surface area contributed by atoms with Gasteiger partial charge in [-0.05, 0) is 6.92 Å². The number of hydrogen-bond donors (Lipinski definition) is 0. The lowest BCUT2D eigenvalue weighted by Gasteiger charge is -2.07. The fourth-order valence-corrected chi connectivity index (χ4v) is 1.38. The highest BCUT2D eigenvalue weighted by Crippen LogP contribution is 2.11. The molecule has 0 saturated heterocycles. The van der Waals surface area contributed by atoms with Crippen LogP contribution in [0, 0.1) is 0 Å². The van der Waals surface area contributed by atoms with Crippen LogP contribution in [0.3, 0.4) is 0 Å². The second-order valence-electron chi connectivity index (χ2n) is 3.85. The van der Waals surface area contributed by atoms with Crippen LogP contribution >= 0.6 is 11.8 Å². The summed E-state index contributed by atoms with van der Waals surface area (Å²) in [5.41, 5.74) is 0. The van der Waals surface area contributed by atoms with Crippen molar-refractivity contribution >= 4 is 23.6 Å². The Bertz CT molecular complexity index is 390. The van der Waals surface area contributed by atoms with Crippen molar-refractivity contribution in [1.29, 1.82) is 0 Å². The predicted molar refractivity (Wildman–Crippen MR) is 71.9 cm³/mol. The molecule has 0 aliphatic carbocycles. The number of thioether (sulfide) groups is 1. The lowest BCUT2D eigenvalue weighted by molar-refractivity contribution is -0.114. The fraction of sp³-hybridized carbons (Fsp3) is 0.636. The molecule has 1 amide bonds. The molecule has 6 nitrogen and oxygen atoms in total. The Kier molecular flexibility index (Phi) is 8.02. The van der Waals surface area contributed by atoms with Crippen LogP contribution in [0.15, 0.2) is 11.5 Å². The Hall–Kier alpha value is -1.37. The highest BCUT2D eigenvalue weighted by molar-refractivity contribution is 7.99. The Balaban J connectivity index is 0.000000873. The number of aromatic nitrogens is 3. The molecule has 7 heteroatoms. The number of hydrogen-bond acceptors (Lipinski definition) is 5. The second-order valence-corrected chi connectivity index (χ2v) is 4.79. The van der Waals surface area contributed by atoms with E-state index >= 15 is 0 Å². The molecule has 0 N–H and O–H groups in total. The molecule has 0 bridgehead atoms. The van der Waals surface area contributed by atoms with Crippen molar-refractivity contribution in [3.63, 3.8) is 0 Å². The highest BCUT2D eigenvalue weighted by atomic mass is 32.2. The minimum Gasteiger partial charge on any atom is -0.329 e. The topological polar surface area (TPSA) is 68.1 Å². The van der Waals surface area contributed by atoms with Crippen molar-refractivity contribution in [3.8, 4) is 0 Å². The molecule has 0 saturated carbocycles. The van der Waals surface area contributed by atoms with Gasteiger partial charge in [-0.25, -0.2) is 9.78 Å². The van der Waals surface area contributed by atoms with Crippen LogP contribution in [0.1, 0.15) is 27.2 Å². The van der Waals surface area contributed by atoms with Crippen LogP contribution in [0.2, 0.25) is 0 Å². The van der Waals surface area contributed by atoms with Gasteiger partial charge >= 0.3 is 6.03 Å². The number of nitrogens with zero attached hydrogens (tertiary/aromatic N) is 4. The van der Waals surface area contributed by atoms with Crippen molar-refractivity contribution in [1.82, 2.24) is 19.7 Å². The first-order valence-corrected chi connectivity index (χ1v) is 6.66. The molecule has 1 aromatic rings. The van der Waals surface area contributed by atoms with Gasteiger partial charge in [-0.1, -0.05) is 32.0 Å². The monoisotopic (exact) mass is 272 g/mol. The van der Waals surface area contributed by atoms with Gasteiger partial charge in [0.15, 0.2) is 0 Å². The molecule has 0 radical (unpaired) electrons. The van der Waals surface area contributed by atoms with Gasteiger partial charge in [0.1, 0.15) is 12.1 Å². The molecule has 18 heavy (non-hydrogen) atoms. The van der Waals surface area contributed by atoms with Gasteiger partial charge < -0.3 is 4.90 Å². The Morgan fingerprint density at radius 2 is 1.94 bits per heavy atom. The summed E-state index contributed by atoms with van der Waals surface area (Å²) in [5, 5.41) is 4.36. The van der Waals surface area contributed by atoms with Crippen molar-refractivity contribution in [3.05, 3.63) is 6.33 Å². The lowest BCUT2D eigenvalue weighted by atomic mass is 10.5. The number of rotatable bonds is 3. The van der Waals surface area contributed by atoms with E-state index in [1.807, 2.05) is 0 Å². The lowest BCUT2D eigenvalue weighted by Crippen LogP contribution is -2.27. The summed E-state index contributed by atoms with van der Waals surface area (Å²) in [5.74, 6) is 0.371. The van der Waals surface area contributed by atoms with Crippen LogP contribution in [0.4, 0.5) is 4.79 Å². The largest absolute Gasteiger partial charge is 0.345 e. The molecule has 1 aromatic heterocycles.